The highest BCUT2D eigenvalue weighted by Crippen LogP contribution is 2.24. The van der Waals surface area contributed by atoms with E-state index in [2.05, 4.69) is 5.32 Å². The third kappa shape index (κ3) is 5.87. The summed E-state index contributed by atoms with van der Waals surface area (Å²) in [6.07, 6.45) is -3.27. The zero-order chi connectivity index (χ0) is 19.4. The van der Waals surface area contributed by atoms with Crippen molar-refractivity contribution < 1.29 is 26.4 Å². The highest BCUT2D eigenvalue weighted by Gasteiger charge is 2.29. The number of hydrogen-bond acceptors (Lipinski definition) is 4. The highest BCUT2D eigenvalue weighted by molar-refractivity contribution is 7.93. The van der Waals surface area contributed by atoms with Gasteiger partial charge in [-0.15, -0.1) is 0 Å². The van der Waals surface area contributed by atoms with Gasteiger partial charge in [0.1, 0.15) is 0 Å². The first-order chi connectivity index (χ1) is 12.1. The molecule has 0 spiro atoms. The Hall–Kier alpha value is -1.81. The number of rotatable bonds is 7. The molecule has 1 aliphatic heterocycles. The minimum atomic E-state index is -4.23. The number of alkyl halides is 3. The molecule has 1 aromatic carbocycles. The SMILES string of the molecule is CN(CCCNC(=O)c1ccc(N2CCCS2(=O)=O)cc1)CC(F)(F)F. The van der Waals surface area contributed by atoms with Crippen molar-refractivity contribution in [2.24, 2.45) is 0 Å². The van der Waals surface area contributed by atoms with Crippen LogP contribution in [0.3, 0.4) is 0 Å². The van der Waals surface area contributed by atoms with Crippen LogP contribution in [-0.4, -0.2) is 64.4 Å². The monoisotopic (exact) mass is 393 g/mol. The fourth-order valence-corrected chi connectivity index (χ4v) is 4.31. The van der Waals surface area contributed by atoms with Gasteiger partial charge in [0.2, 0.25) is 10.0 Å². The van der Waals surface area contributed by atoms with Gasteiger partial charge in [-0.05, 0) is 50.7 Å². The van der Waals surface area contributed by atoms with Crippen LogP contribution in [0.5, 0.6) is 0 Å². The molecule has 1 saturated heterocycles. The molecular formula is C16H22F3N3O3S. The molecule has 0 bridgehead atoms. The first-order valence-electron chi connectivity index (χ1n) is 8.22. The summed E-state index contributed by atoms with van der Waals surface area (Å²) < 4.78 is 61.7. The zero-order valence-corrected chi connectivity index (χ0v) is 15.2. The van der Waals surface area contributed by atoms with Gasteiger partial charge in [-0.25, -0.2) is 8.42 Å². The van der Waals surface area contributed by atoms with Gasteiger partial charge in [-0.3, -0.25) is 14.0 Å². The van der Waals surface area contributed by atoms with E-state index in [-0.39, 0.29) is 24.7 Å². The van der Waals surface area contributed by atoms with E-state index in [9.17, 15) is 26.4 Å². The topological polar surface area (TPSA) is 69.7 Å². The van der Waals surface area contributed by atoms with Crippen molar-refractivity contribution in [2.75, 3.05) is 43.3 Å². The second-order valence-electron chi connectivity index (χ2n) is 6.25. The third-order valence-electron chi connectivity index (χ3n) is 3.97. The number of benzene rings is 1. The minimum Gasteiger partial charge on any atom is -0.352 e. The number of nitrogens with one attached hydrogen (secondary N) is 1. The predicted molar refractivity (Wildman–Crippen MR) is 92.7 cm³/mol. The van der Waals surface area contributed by atoms with Crippen LogP contribution < -0.4 is 9.62 Å². The number of sulfonamides is 1. The van der Waals surface area contributed by atoms with E-state index in [1.54, 1.807) is 12.1 Å². The lowest BCUT2D eigenvalue weighted by Gasteiger charge is -2.18. The largest absolute Gasteiger partial charge is 0.401 e. The molecule has 0 radical (unpaired) electrons. The van der Waals surface area contributed by atoms with Crippen LogP contribution in [-0.2, 0) is 10.0 Å². The third-order valence-corrected chi connectivity index (χ3v) is 5.84. The normalized spacial score (nSPS) is 16.9. The van der Waals surface area contributed by atoms with Gasteiger partial charge in [-0.1, -0.05) is 0 Å². The summed E-state index contributed by atoms with van der Waals surface area (Å²) in [5.41, 5.74) is 0.891. The van der Waals surface area contributed by atoms with Gasteiger partial charge in [0.15, 0.2) is 0 Å². The van der Waals surface area contributed by atoms with Crippen molar-refractivity contribution in [3.63, 3.8) is 0 Å². The van der Waals surface area contributed by atoms with Crippen molar-refractivity contribution in [3.8, 4) is 0 Å². The highest BCUT2D eigenvalue weighted by atomic mass is 32.2. The molecule has 6 nitrogen and oxygen atoms in total. The van der Waals surface area contributed by atoms with E-state index in [1.165, 1.54) is 23.5 Å². The minimum absolute atomic E-state index is 0.123. The number of carbonyl (C=O) groups is 1. The second-order valence-corrected chi connectivity index (χ2v) is 8.26. The Balaban J connectivity index is 1.80. The molecule has 146 valence electrons. The Morgan fingerprint density at radius 1 is 1.27 bits per heavy atom. The zero-order valence-electron chi connectivity index (χ0n) is 14.4. The molecule has 26 heavy (non-hydrogen) atoms. The quantitative estimate of drug-likeness (QED) is 0.718. The molecule has 1 fully saturated rings. The van der Waals surface area contributed by atoms with E-state index in [0.717, 1.165) is 4.90 Å². The Bertz CT molecular complexity index is 720. The maximum absolute atomic E-state index is 12.2. The first-order valence-corrected chi connectivity index (χ1v) is 9.83. The number of anilines is 1. The molecule has 0 atom stereocenters. The molecule has 0 saturated carbocycles. The summed E-state index contributed by atoms with van der Waals surface area (Å²) in [7, 11) is -1.89. The molecule has 1 amide bonds. The van der Waals surface area contributed by atoms with Crippen molar-refractivity contribution in [3.05, 3.63) is 29.8 Å². The van der Waals surface area contributed by atoms with Crippen molar-refractivity contribution in [1.29, 1.82) is 0 Å². The molecule has 1 heterocycles. The Morgan fingerprint density at radius 3 is 2.46 bits per heavy atom. The van der Waals surface area contributed by atoms with Crippen LogP contribution in [0.1, 0.15) is 23.2 Å². The molecule has 1 N–H and O–H groups in total. The van der Waals surface area contributed by atoms with E-state index in [4.69, 9.17) is 0 Å². The van der Waals surface area contributed by atoms with E-state index in [0.29, 0.717) is 30.6 Å². The van der Waals surface area contributed by atoms with E-state index in [1.807, 2.05) is 0 Å². The predicted octanol–water partition coefficient (Wildman–Crippen LogP) is 1.84. The molecule has 0 aliphatic carbocycles. The maximum Gasteiger partial charge on any atom is 0.401 e. The Morgan fingerprint density at radius 2 is 1.92 bits per heavy atom. The van der Waals surface area contributed by atoms with E-state index < -0.39 is 22.7 Å². The van der Waals surface area contributed by atoms with Crippen LogP contribution in [0.4, 0.5) is 18.9 Å². The Labute approximate surface area is 151 Å². The summed E-state index contributed by atoms with van der Waals surface area (Å²) in [4.78, 5) is 13.2. The summed E-state index contributed by atoms with van der Waals surface area (Å²) >= 11 is 0. The average Bonchev–Trinajstić information content (AvgIpc) is 2.89. The van der Waals surface area contributed by atoms with Gasteiger partial charge >= 0.3 is 6.18 Å². The van der Waals surface area contributed by atoms with Crippen LogP contribution in [0.25, 0.3) is 0 Å². The fraction of sp³-hybridized carbons (Fsp3) is 0.562. The first kappa shape index (κ1) is 20.5. The van der Waals surface area contributed by atoms with Crippen molar-refractivity contribution >= 4 is 21.6 Å². The number of nitrogens with zero attached hydrogens (tertiary/aromatic N) is 2. The second kappa shape index (κ2) is 8.26. The van der Waals surface area contributed by atoms with Gasteiger partial charge in [0.25, 0.3) is 5.91 Å². The average molecular weight is 393 g/mol. The summed E-state index contributed by atoms with van der Waals surface area (Å²) in [5.74, 6) is -0.225. The standard InChI is InChI=1S/C16H22F3N3O3S/c1-21(12-16(17,18)19)9-2-8-20-15(23)13-4-6-14(7-5-13)22-10-3-11-26(22,24)25/h4-7H,2-3,8-12H2,1H3,(H,20,23). The molecule has 1 aromatic rings. The molecule has 0 aromatic heterocycles. The summed E-state index contributed by atoms with van der Waals surface area (Å²) in [5, 5.41) is 2.64. The van der Waals surface area contributed by atoms with Crippen molar-refractivity contribution in [2.45, 2.75) is 19.0 Å². The van der Waals surface area contributed by atoms with Crippen LogP contribution >= 0.6 is 0 Å². The lowest BCUT2D eigenvalue weighted by Crippen LogP contribution is -2.33. The fourth-order valence-electron chi connectivity index (χ4n) is 2.75. The number of amides is 1. The summed E-state index contributed by atoms with van der Waals surface area (Å²) in [6.45, 7) is -0.0873. The van der Waals surface area contributed by atoms with Crippen molar-refractivity contribution in [1.82, 2.24) is 10.2 Å². The van der Waals surface area contributed by atoms with E-state index >= 15 is 0 Å². The molecular weight excluding hydrogens is 371 g/mol. The number of hydrogen-bond donors (Lipinski definition) is 1. The Kier molecular flexibility index (Phi) is 6.51. The number of carbonyl (C=O) groups excluding carboxylic acids is 1. The smallest absolute Gasteiger partial charge is 0.352 e. The van der Waals surface area contributed by atoms with Gasteiger partial charge in [0.05, 0.1) is 18.0 Å². The maximum atomic E-state index is 12.2. The molecule has 10 heteroatoms. The lowest BCUT2D eigenvalue weighted by molar-refractivity contribution is -0.143. The number of halogens is 3. The lowest BCUT2D eigenvalue weighted by atomic mass is 10.2. The van der Waals surface area contributed by atoms with Crippen LogP contribution in [0.2, 0.25) is 0 Å². The van der Waals surface area contributed by atoms with Crippen LogP contribution in [0.15, 0.2) is 24.3 Å². The van der Waals surface area contributed by atoms with Gasteiger partial charge in [-0.2, -0.15) is 13.2 Å². The molecule has 1 aliphatic rings. The molecule has 2 rings (SSSR count). The van der Waals surface area contributed by atoms with Gasteiger partial charge < -0.3 is 5.32 Å². The van der Waals surface area contributed by atoms with Crippen LogP contribution in [0, 0.1) is 0 Å². The molecule has 0 unspecified atom stereocenters. The van der Waals surface area contributed by atoms with Gasteiger partial charge in [0, 0.05) is 18.7 Å². The summed E-state index contributed by atoms with van der Waals surface area (Å²) in [6, 6.07) is 6.23.